The number of likely N-dealkylation sites (N-methyl/N-ethyl adjacent to an activating group) is 1. The van der Waals surface area contributed by atoms with Gasteiger partial charge < -0.3 is 14.1 Å². The van der Waals surface area contributed by atoms with Crippen LogP contribution in [0.2, 0.25) is 0 Å². The Hall–Kier alpha value is -2.69. The molecule has 2 heterocycles. The summed E-state index contributed by atoms with van der Waals surface area (Å²) < 4.78 is 11.4. The molecule has 30 heavy (non-hydrogen) atoms. The fourth-order valence-electron chi connectivity index (χ4n) is 2.93. The van der Waals surface area contributed by atoms with Gasteiger partial charge in [0, 0.05) is 13.1 Å². The molecule has 0 saturated heterocycles. The third-order valence-corrected chi connectivity index (χ3v) is 5.63. The van der Waals surface area contributed by atoms with Crippen molar-refractivity contribution in [2.45, 2.75) is 13.8 Å². The second-order valence-electron chi connectivity index (χ2n) is 6.18. The quantitative estimate of drug-likeness (QED) is 0.352. The van der Waals surface area contributed by atoms with E-state index in [0.29, 0.717) is 29.5 Å². The molecule has 1 amide bonds. The first-order valence-corrected chi connectivity index (χ1v) is 10.0. The maximum absolute atomic E-state index is 13.1. The van der Waals surface area contributed by atoms with Crippen molar-refractivity contribution < 1.29 is 18.9 Å². The number of rotatable bonds is 9. The van der Waals surface area contributed by atoms with E-state index in [1.807, 2.05) is 32.0 Å². The molecule has 162 valence electrons. The molecule has 0 radical (unpaired) electrons. The molecule has 9 nitrogen and oxygen atoms in total. The lowest BCUT2D eigenvalue weighted by Gasteiger charge is -2.23. The van der Waals surface area contributed by atoms with Gasteiger partial charge in [-0.1, -0.05) is 31.3 Å². The number of hydrogen-bond acceptors (Lipinski definition) is 8. The van der Waals surface area contributed by atoms with E-state index in [2.05, 4.69) is 9.88 Å². The number of thiazole rings is 1. The Balaban J connectivity index is 0.00000320. The van der Waals surface area contributed by atoms with Crippen LogP contribution in [0.5, 0.6) is 5.75 Å². The van der Waals surface area contributed by atoms with Crippen LogP contribution in [-0.2, 0) is 0 Å². The molecule has 1 aromatic carbocycles. The van der Waals surface area contributed by atoms with Crippen molar-refractivity contribution in [1.29, 1.82) is 0 Å². The fraction of sp³-hybridized carbons (Fsp3) is 0.368. The van der Waals surface area contributed by atoms with Crippen LogP contribution in [0.15, 0.2) is 34.7 Å². The first-order valence-electron chi connectivity index (χ1n) is 9.20. The maximum Gasteiger partial charge on any atom is 0.433 e. The van der Waals surface area contributed by atoms with Gasteiger partial charge in [-0.3, -0.25) is 19.8 Å². The maximum atomic E-state index is 13.1. The number of anilines is 1. The first kappa shape index (κ1) is 23.6. The highest BCUT2D eigenvalue weighted by Crippen LogP contribution is 2.34. The van der Waals surface area contributed by atoms with Crippen LogP contribution in [0.4, 0.5) is 11.0 Å². The number of halogens is 1. The minimum atomic E-state index is -0.667. The number of hydrogen-bond donors (Lipinski definition) is 0. The molecular weight excluding hydrogens is 432 g/mol. The number of furan rings is 1. The van der Waals surface area contributed by atoms with Gasteiger partial charge in [0.1, 0.15) is 16.2 Å². The molecule has 0 bridgehead atoms. The van der Waals surface area contributed by atoms with E-state index in [-0.39, 0.29) is 18.2 Å². The van der Waals surface area contributed by atoms with Gasteiger partial charge in [-0.05, 0) is 31.3 Å². The van der Waals surface area contributed by atoms with E-state index in [4.69, 9.17) is 9.15 Å². The number of amides is 1. The van der Waals surface area contributed by atoms with Crippen molar-refractivity contribution in [3.8, 4) is 5.75 Å². The van der Waals surface area contributed by atoms with E-state index in [9.17, 15) is 14.9 Å². The minimum Gasteiger partial charge on any atom is -0.494 e. The van der Waals surface area contributed by atoms with Gasteiger partial charge in [-0.15, -0.1) is 12.4 Å². The lowest BCUT2D eigenvalue weighted by Crippen LogP contribution is -2.38. The second kappa shape index (κ2) is 10.4. The molecule has 3 aromatic rings. The number of aromatic nitrogens is 1. The third-order valence-electron chi connectivity index (χ3n) is 4.58. The highest BCUT2D eigenvalue weighted by Gasteiger charge is 2.26. The van der Waals surface area contributed by atoms with Crippen LogP contribution in [0, 0.1) is 10.1 Å². The van der Waals surface area contributed by atoms with Crippen molar-refractivity contribution in [2.75, 3.05) is 38.2 Å². The predicted octanol–water partition coefficient (Wildman–Crippen LogP) is 4.22. The zero-order chi connectivity index (χ0) is 21.0. The molecular formula is C19H23ClN4O5S. The highest BCUT2D eigenvalue weighted by atomic mass is 35.5. The average molecular weight is 455 g/mol. The summed E-state index contributed by atoms with van der Waals surface area (Å²) in [6.07, 6.45) is 0. The molecule has 0 saturated carbocycles. The Bertz CT molecular complexity index is 1020. The topological polar surface area (TPSA) is 102 Å². The zero-order valence-corrected chi connectivity index (χ0v) is 18.5. The number of nitrogens with zero attached hydrogens (tertiary/aromatic N) is 4. The van der Waals surface area contributed by atoms with Gasteiger partial charge in [0.25, 0.3) is 5.91 Å². The largest absolute Gasteiger partial charge is 0.494 e. The summed E-state index contributed by atoms with van der Waals surface area (Å²) >= 11 is 1.36. The van der Waals surface area contributed by atoms with E-state index in [0.717, 1.165) is 17.8 Å². The average Bonchev–Trinajstić information content (AvgIpc) is 3.38. The molecule has 0 aliphatic rings. The number of nitro groups is 1. The van der Waals surface area contributed by atoms with E-state index in [1.165, 1.54) is 28.4 Å². The third kappa shape index (κ3) is 4.89. The second-order valence-corrected chi connectivity index (χ2v) is 7.19. The lowest BCUT2D eigenvalue weighted by atomic mass is 10.3. The summed E-state index contributed by atoms with van der Waals surface area (Å²) in [7, 11) is 1.57. The molecule has 2 aromatic heterocycles. The Kier molecular flexibility index (Phi) is 8.16. The van der Waals surface area contributed by atoms with Gasteiger partial charge in [-0.25, -0.2) is 4.98 Å². The van der Waals surface area contributed by atoms with Gasteiger partial charge in [-0.2, -0.15) is 0 Å². The molecule has 0 unspecified atom stereocenters. The predicted molar refractivity (Wildman–Crippen MR) is 118 cm³/mol. The monoisotopic (exact) mass is 454 g/mol. The van der Waals surface area contributed by atoms with Crippen LogP contribution < -0.4 is 9.64 Å². The van der Waals surface area contributed by atoms with Crippen LogP contribution in [-0.4, -0.2) is 54.0 Å². The van der Waals surface area contributed by atoms with Crippen molar-refractivity contribution in [2.24, 2.45) is 0 Å². The van der Waals surface area contributed by atoms with Crippen LogP contribution in [0.25, 0.3) is 10.2 Å². The van der Waals surface area contributed by atoms with E-state index >= 15 is 0 Å². The normalized spacial score (nSPS) is 10.8. The summed E-state index contributed by atoms with van der Waals surface area (Å²) in [6.45, 7) is 6.80. The van der Waals surface area contributed by atoms with E-state index in [1.54, 1.807) is 7.11 Å². The molecule has 0 atom stereocenters. The first-order chi connectivity index (χ1) is 14.0. The van der Waals surface area contributed by atoms with Crippen LogP contribution in [0.1, 0.15) is 24.4 Å². The van der Waals surface area contributed by atoms with E-state index < -0.39 is 16.7 Å². The number of carbonyl (C=O) groups excluding carboxylic acids is 1. The number of carbonyl (C=O) groups is 1. The zero-order valence-electron chi connectivity index (χ0n) is 16.9. The Morgan fingerprint density at radius 2 is 1.97 bits per heavy atom. The Morgan fingerprint density at radius 1 is 1.23 bits per heavy atom. The van der Waals surface area contributed by atoms with Crippen LogP contribution >= 0.6 is 23.7 Å². The molecule has 11 heteroatoms. The van der Waals surface area contributed by atoms with Crippen molar-refractivity contribution >= 4 is 50.9 Å². The number of methoxy groups -OCH3 is 1. The standard InChI is InChI=1S/C19H22N4O5S.ClH/c1-4-21(5-2)11-12-22(18(24)14-9-10-16(28-14)23(25)26)19-20-17-13(27-3)7-6-8-15(17)29-19;/h6-10H,4-5,11-12H2,1-3H3;1H. The smallest absolute Gasteiger partial charge is 0.433 e. The Labute approximate surface area is 183 Å². The molecule has 3 rings (SSSR count). The lowest BCUT2D eigenvalue weighted by molar-refractivity contribution is -0.402. The summed E-state index contributed by atoms with van der Waals surface area (Å²) in [4.78, 5) is 31.7. The molecule has 0 spiro atoms. The summed E-state index contributed by atoms with van der Waals surface area (Å²) in [5.41, 5.74) is 0.668. The molecule has 0 fully saturated rings. The van der Waals surface area contributed by atoms with Crippen LogP contribution in [0.3, 0.4) is 0 Å². The summed E-state index contributed by atoms with van der Waals surface area (Å²) in [6, 6.07) is 8.07. The molecule has 0 N–H and O–H groups in total. The summed E-state index contributed by atoms with van der Waals surface area (Å²) in [5, 5.41) is 11.4. The highest BCUT2D eigenvalue weighted by molar-refractivity contribution is 7.22. The van der Waals surface area contributed by atoms with Gasteiger partial charge in [0.15, 0.2) is 10.9 Å². The molecule has 0 aliphatic carbocycles. The molecule has 0 aliphatic heterocycles. The fourth-order valence-corrected chi connectivity index (χ4v) is 3.94. The van der Waals surface area contributed by atoms with Crippen molar-refractivity contribution in [3.05, 3.63) is 46.2 Å². The van der Waals surface area contributed by atoms with Gasteiger partial charge in [0.2, 0.25) is 0 Å². The van der Waals surface area contributed by atoms with Crippen molar-refractivity contribution in [3.63, 3.8) is 0 Å². The SMILES string of the molecule is CCN(CC)CCN(C(=O)c1ccc([N+](=O)[O-])o1)c1nc2c(OC)cccc2s1.Cl. The van der Waals surface area contributed by atoms with Gasteiger partial charge in [0.05, 0.1) is 17.9 Å². The number of para-hydroxylation sites is 1. The van der Waals surface area contributed by atoms with Crippen molar-refractivity contribution in [1.82, 2.24) is 9.88 Å². The Morgan fingerprint density at radius 3 is 2.57 bits per heavy atom. The number of ether oxygens (including phenoxy) is 1. The number of fused-ring (bicyclic) bond motifs is 1. The van der Waals surface area contributed by atoms with Gasteiger partial charge >= 0.3 is 5.88 Å². The number of benzene rings is 1. The summed E-state index contributed by atoms with van der Waals surface area (Å²) in [5.74, 6) is -0.413. The minimum absolute atomic E-state index is 0.